The summed E-state index contributed by atoms with van der Waals surface area (Å²) >= 11 is 6.31. The molecular weight excluding hydrogens is 504 g/mol. The number of rotatable bonds is 8. The van der Waals surface area contributed by atoms with Crippen LogP contribution in [0.1, 0.15) is 64.8 Å². The second kappa shape index (κ2) is 11.2. The predicted octanol–water partition coefficient (Wildman–Crippen LogP) is 5.54. The summed E-state index contributed by atoms with van der Waals surface area (Å²) in [6, 6.07) is 7.68. The summed E-state index contributed by atoms with van der Waals surface area (Å²) in [6.45, 7) is 14.6. The molecular formula is C29H40ClN4O4+. The molecule has 1 aliphatic heterocycles. The van der Waals surface area contributed by atoms with Crippen molar-refractivity contribution in [2.75, 3.05) is 38.3 Å². The van der Waals surface area contributed by atoms with Crippen LogP contribution in [0, 0.1) is 12.3 Å². The van der Waals surface area contributed by atoms with Gasteiger partial charge in [-0.2, -0.15) is 9.61 Å². The van der Waals surface area contributed by atoms with Gasteiger partial charge in [0.05, 0.1) is 17.4 Å². The van der Waals surface area contributed by atoms with E-state index in [1.807, 2.05) is 62.7 Å². The molecule has 1 N–H and O–H groups in total. The lowest BCUT2D eigenvalue weighted by molar-refractivity contribution is -0.170. The van der Waals surface area contributed by atoms with Gasteiger partial charge in [0.15, 0.2) is 25.0 Å². The van der Waals surface area contributed by atoms with Gasteiger partial charge in [-0.15, -0.1) is 0 Å². The second-order valence-corrected chi connectivity index (χ2v) is 12.1. The number of aryl methyl sites for hydroxylation is 1. The molecule has 2 aromatic heterocycles. The van der Waals surface area contributed by atoms with Crippen LogP contribution in [0.25, 0.3) is 16.8 Å². The van der Waals surface area contributed by atoms with Crippen molar-refractivity contribution in [1.29, 1.82) is 0 Å². The number of aromatic nitrogens is 3. The van der Waals surface area contributed by atoms with Crippen LogP contribution in [0.5, 0.6) is 0 Å². The number of hydrogen-bond acceptors (Lipinski definition) is 6. The Labute approximate surface area is 230 Å². The van der Waals surface area contributed by atoms with Crippen LogP contribution in [0.15, 0.2) is 30.5 Å². The summed E-state index contributed by atoms with van der Waals surface area (Å²) in [6.07, 6.45) is 2.89. The van der Waals surface area contributed by atoms with Crippen molar-refractivity contribution in [3.8, 4) is 11.1 Å². The molecule has 9 heteroatoms. The van der Waals surface area contributed by atoms with Gasteiger partial charge in [-0.25, -0.2) is 9.78 Å². The number of halogens is 1. The maximum Gasteiger partial charge on any atom is 0.340 e. The Morgan fingerprint density at radius 3 is 2.58 bits per heavy atom. The highest BCUT2D eigenvalue weighted by Gasteiger charge is 2.37. The van der Waals surface area contributed by atoms with Crippen molar-refractivity contribution in [2.24, 2.45) is 5.41 Å². The molecule has 3 heterocycles. The maximum absolute atomic E-state index is 13.5. The number of benzene rings is 1. The van der Waals surface area contributed by atoms with Gasteiger partial charge in [-0.3, -0.25) is 0 Å². The number of nitrogens with zero attached hydrogens (tertiary/aromatic N) is 4. The van der Waals surface area contributed by atoms with E-state index in [0.29, 0.717) is 28.5 Å². The number of ether oxygens (including phenoxy) is 3. The summed E-state index contributed by atoms with van der Waals surface area (Å²) in [7, 11) is 1.70. The van der Waals surface area contributed by atoms with E-state index in [0.717, 1.165) is 42.9 Å². The van der Waals surface area contributed by atoms with Crippen LogP contribution in [-0.4, -0.2) is 64.3 Å². The van der Waals surface area contributed by atoms with Crippen LogP contribution in [0.3, 0.4) is 0 Å². The maximum atomic E-state index is 13.5. The second-order valence-electron chi connectivity index (χ2n) is 11.7. The normalized spacial score (nSPS) is 16.6. The third kappa shape index (κ3) is 6.30. The number of aliphatic hydroxyl groups is 2. The number of carbonyl (C=O) groups excluding carboxylic acids is 1. The van der Waals surface area contributed by atoms with Crippen molar-refractivity contribution in [1.82, 2.24) is 14.6 Å². The Hall–Kier alpha value is -2.68. The number of fused-ring (bicyclic) bond motifs is 1. The lowest BCUT2D eigenvalue weighted by Gasteiger charge is -2.39. The van der Waals surface area contributed by atoms with E-state index in [-0.39, 0.29) is 12.0 Å². The van der Waals surface area contributed by atoms with E-state index >= 15 is 0 Å². The van der Waals surface area contributed by atoms with Crippen LogP contribution in [0.4, 0.5) is 5.82 Å². The summed E-state index contributed by atoms with van der Waals surface area (Å²) in [5.41, 5.74) is 3.55. The Morgan fingerprint density at radius 1 is 1.24 bits per heavy atom. The number of carbonyl (C=O) groups is 1. The van der Waals surface area contributed by atoms with Crippen molar-refractivity contribution in [3.63, 3.8) is 0 Å². The molecule has 1 atom stereocenters. The molecule has 3 aromatic rings. The van der Waals surface area contributed by atoms with Crippen LogP contribution in [-0.2, 0) is 14.3 Å². The highest BCUT2D eigenvalue weighted by molar-refractivity contribution is 6.30. The monoisotopic (exact) mass is 543 g/mol. The Bertz CT molecular complexity index is 1290. The predicted molar refractivity (Wildman–Crippen MR) is 151 cm³/mol. The summed E-state index contributed by atoms with van der Waals surface area (Å²) < 4.78 is 17.9. The smallest absolute Gasteiger partial charge is 0.340 e. The van der Waals surface area contributed by atoms with Crippen molar-refractivity contribution < 1.29 is 19.0 Å². The quantitative estimate of drug-likeness (QED) is 0.211. The van der Waals surface area contributed by atoms with E-state index in [1.54, 1.807) is 7.11 Å². The number of esters is 1. The Kier molecular flexibility index (Phi) is 8.35. The largest absolute Gasteiger partial charge is 0.455 e. The molecule has 0 aliphatic carbocycles. The molecule has 0 spiro atoms. The first kappa shape index (κ1) is 28.3. The molecule has 1 unspecified atom stereocenters. The van der Waals surface area contributed by atoms with Crippen molar-refractivity contribution in [2.45, 2.75) is 66.1 Å². The zero-order chi connectivity index (χ0) is 27.7. The van der Waals surface area contributed by atoms with E-state index in [2.05, 4.69) is 23.5 Å². The summed E-state index contributed by atoms with van der Waals surface area (Å²) in [4.78, 5) is 20.8. The van der Waals surface area contributed by atoms with Crippen molar-refractivity contribution in [3.05, 3.63) is 46.7 Å². The lowest BCUT2D eigenvalue weighted by atomic mass is 9.82. The molecule has 8 nitrogen and oxygen atoms in total. The molecule has 38 heavy (non-hydrogen) atoms. The fourth-order valence-electron chi connectivity index (χ4n) is 4.79. The standard InChI is InChI=1S/C29H39ClN4O4/c1-19-23(24(38-28(2,3)4)27(35)37-16-15-36-7)26(33-13-11-29(5,6)12-14-33)34-25(32-19)22(18-31-34)20-9-8-10-21(30)17-20/h8-10,17-18,24H,11-16H2,1-7H3/p+1. The fourth-order valence-corrected chi connectivity index (χ4v) is 4.98. The van der Waals surface area contributed by atoms with E-state index in [1.165, 1.54) is 0 Å². The lowest BCUT2D eigenvalue weighted by Crippen LogP contribution is -2.40. The fraction of sp³-hybridized carbons (Fsp3) is 0.552. The highest BCUT2D eigenvalue weighted by atomic mass is 35.5. The first-order valence-corrected chi connectivity index (χ1v) is 13.6. The molecule has 0 radical (unpaired) electrons. The average Bonchev–Trinajstić information content (AvgIpc) is 3.25. The molecule has 0 saturated carbocycles. The number of piperidine rings is 1. The van der Waals surface area contributed by atoms with E-state index in [4.69, 9.17) is 31.2 Å². The molecule has 1 aromatic carbocycles. The molecule has 206 valence electrons. The molecule has 1 aliphatic rings. The van der Waals surface area contributed by atoms with Crippen molar-refractivity contribution >= 4 is 29.0 Å². The highest BCUT2D eigenvalue weighted by Crippen LogP contribution is 2.40. The van der Waals surface area contributed by atoms with Crippen LogP contribution in [0.2, 0.25) is 5.02 Å². The van der Waals surface area contributed by atoms with Crippen LogP contribution < -0.4 is 4.90 Å². The minimum Gasteiger partial charge on any atom is -0.455 e. The number of hydrogen-bond donors (Lipinski definition) is 0. The molecule has 0 amide bonds. The average molecular weight is 544 g/mol. The van der Waals surface area contributed by atoms with E-state index < -0.39 is 17.7 Å². The third-order valence-corrected chi connectivity index (χ3v) is 7.14. The zero-order valence-electron chi connectivity index (χ0n) is 23.5. The molecule has 1 saturated heterocycles. The molecule has 4 rings (SSSR count). The van der Waals surface area contributed by atoms with Gasteiger partial charge in [0.25, 0.3) is 0 Å². The molecule has 0 bridgehead atoms. The van der Waals surface area contributed by atoms with Gasteiger partial charge in [0, 0.05) is 29.4 Å². The van der Waals surface area contributed by atoms with Gasteiger partial charge < -0.3 is 19.1 Å². The first-order chi connectivity index (χ1) is 17.9. The molecule has 1 fully saturated rings. The topological polar surface area (TPSA) is 81.8 Å². The summed E-state index contributed by atoms with van der Waals surface area (Å²) in [5.74, 6) is 0.372. The van der Waals surface area contributed by atoms with Gasteiger partial charge in [0.1, 0.15) is 12.9 Å². The Morgan fingerprint density at radius 2 is 1.95 bits per heavy atom. The van der Waals surface area contributed by atoms with Gasteiger partial charge >= 0.3 is 5.97 Å². The van der Waals surface area contributed by atoms with Gasteiger partial charge in [-0.1, -0.05) is 37.6 Å². The Balaban J connectivity index is 1.91. The minimum atomic E-state index is -0.965. The number of anilines is 1. The SMILES string of the molecule is C[OH+]CCOC(=O)C(OC(C)(C)C)c1c(C)nc2c(-c3cccc(Cl)c3)cnn2c1N1CCC(C)(C)CC1. The first-order valence-electron chi connectivity index (χ1n) is 13.2. The zero-order valence-corrected chi connectivity index (χ0v) is 24.3. The minimum absolute atomic E-state index is 0.196. The van der Waals surface area contributed by atoms with Gasteiger partial charge in [0.2, 0.25) is 0 Å². The van der Waals surface area contributed by atoms with Gasteiger partial charge in [-0.05, 0) is 63.6 Å². The summed E-state index contributed by atoms with van der Waals surface area (Å²) in [5, 5.41) is 5.45. The van der Waals surface area contributed by atoms with Crippen LogP contribution >= 0.6 is 11.6 Å². The third-order valence-electron chi connectivity index (χ3n) is 6.91. The van der Waals surface area contributed by atoms with E-state index in [9.17, 15) is 4.79 Å².